The molecule has 0 bridgehead atoms. The molecule has 0 spiro atoms. The third-order valence-electron chi connectivity index (χ3n) is 6.84. The Morgan fingerprint density at radius 3 is 1.91 bits per heavy atom. The van der Waals surface area contributed by atoms with Crippen LogP contribution < -0.4 is 21.7 Å². The maximum Gasteiger partial charge on any atom is 0.316 e. The molecule has 0 aliphatic heterocycles. The van der Waals surface area contributed by atoms with Gasteiger partial charge in [-0.05, 0) is 77.7 Å². The number of urea groups is 1. The predicted octanol–water partition coefficient (Wildman–Crippen LogP) is 4.73. The van der Waals surface area contributed by atoms with Crippen LogP contribution in [-0.2, 0) is 40.2 Å². The normalized spacial score (nSPS) is 12.4. The highest BCUT2D eigenvalue weighted by atomic mass is 35.5. The number of azo groups is 1. The third kappa shape index (κ3) is 9.27. The molecule has 0 unspecified atom stereocenters. The maximum absolute atomic E-state index is 12.3. The Bertz CT molecular complexity index is 2880. The van der Waals surface area contributed by atoms with Crippen LogP contribution in [0.25, 0.3) is 10.8 Å². The van der Waals surface area contributed by atoms with E-state index in [-0.39, 0.29) is 44.8 Å². The van der Waals surface area contributed by atoms with Crippen molar-refractivity contribution in [1.82, 2.24) is 15.0 Å². The van der Waals surface area contributed by atoms with Crippen molar-refractivity contribution in [2.24, 2.45) is 16.0 Å². The highest BCUT2D eigenvalue weighted by Crippen LogP contribution is 2.37. The smallest absolute Gasteiger partial charge is 0.316 e. The molecule has 0 radical (unpaired) electrons. The minimum atomic E-state index is -5.20. The highest BCUT2D eigenvalue weighted by molar-refractivity contribution is 7.94. The molecule has 0 saturated carbocycles. The summed E-state index contributed by atoms with van der Waals surface area (Å²) >= 11 is 6.08. The van der Waals surface area contributed by atoms with Crippen LogP contribution in [0, 0.1) is 0 Å². The summed E-state index contributed by atoms with van der Waals surface area (Å²) in [4.78, 5) is 20.8. The Labute approximate surface area is 310 Å². The van der Waals surface area contributed by atoms with E-state index in [1.807, 2.05) is 0 Å². The Balaban J connectivity index is 1.53. The zero-order chi connectivity index (χ0) is 39.8. The standard InChI is InChI=1S/C28H22ClN9O12S4/c1-2-51(40,41)17-5-3-4-15(10-17)31-27-34-25(29)35-28(36-27)32-16-6-7-20(21(11-16)33-26(30)39)37-38-22-13-19-14(9-24(22)54(48,49)50)8-18(52(42,43)44)12-23(19)53(45,46)47/h2-13H,1H2,(H3,30,33,39)(H,42,43,44)(H,45,46,47)(H,48,49,50)(H2,31,32,34,35,36). The largest absolute Gasteiger partial charge is 0.351 e. The topological polar surface area (TPSA) is 340 Å². The van der Waals surface area contributed by atoms with Gasteiger partial charge in [-0.2, -0.15) is 40.2 Å². The van der Waals surface area contributed by atoms with Crippen LogP contribution in [0.2, 0.25) is 5.28 Å². The lowest BCUT2D eigenvalue weighted by molar-refractivity contribution is 0.259. The number of rotatable bonds is 12. The van der Waals surface area contributed by atoms with Crippen molar-refractivity contribution < 1.29 is 52.1 Å². The van der Waals surface area contributed by atoms with Gasteiger partial charge < -0.3 is 21.7 Å². The highest BCUT2D eigenvalue weighted by Gasteiger charge is 2.25. The summed E-state index contributed by atoms with van der Waals surface area (Å²) < 4.78 is 126. The Morgan fingerprint density at radius 1 is 0.722 bits per heavy atom. The number of aromatic nitrogens is 3. The predicted molar refractivity (Wildman–Crippen MR) is 192 cm³/mol. The molecule has 0 atom stereocenters. The molecule has 2 amide bonds. The summed E-state index contributed by atoms with van der Waals surface area (Å²) in [6.07, 6.45) is 0. The van der Waals surface area contributed by atoms with E-state index in [0.717, 1.165) is 11.5 Å². The molecule has 4 aromatic carbocycles. The van der Waals surface area contributed by atoms with E-state index in [2.05, 4.69) is 47.7 Å². The molecule has 0 saturated heterocycles. The summed E-state index contributed by atoms with van der Waals surface area (Å²) in [5.74, 6) is -0.254. The van der Waals surface area contributed by atoms with Crippen molar-refractivity contribution >= 4 is 109 Å². The van der Waals surface area contributed by atoms with Gasteiger partial charge in [0.25, 0.3) is 30.4 Å². The molecule has 26 heteroatoms. The number of hydrogen-bond acceptors (Lipinski definition) is 16. The van der Waals surface area contributed by atoms with Gasteiger partial charge in [-0.1, -0.05) is 12.6 Å². The number of hydrogen-bond donors (Lipinski definition) is 7. The van der Waals surface area contributed by atoms with Gasteiger partial charge in [0.2, 0.25) is 17.2 Å². The van der Waals surface area contributed by atoms with Crippen LogP contribution in [0.4, 0.5) is 45.1 Å². The quantitative estimate of drug-likeness (QED) is 0.0659. The van der Waals surface area contributed by atoms with Crippen LogP contribution in [-0.4, -0.2) is 68.3 Å². The first-order valence-electron chi connectivity index (χ1n) is 14.1. The average Bonchev–Trinajstić information content (AvgIpc) is 3.05. The fraction of sp³-hybridized carbons (Fsp3) is 0. The van der Waals surface area contributed by atoms with Crippen LogP contribution in [0.5, 0.6) is 0 Å². The van der Waals surface area contributed by atoms with Crippen LogP contribution in [0.3, 0.4) is 0 Å². The molecule has 0 fully saturated rings. The zero-order valence-corrected chi connectivity index (χ0v) is 30.5. The summed E-state index contributed by atoms with van der Waals surface area (Å²) in [5, 5.41) is 15.1. The molecule has 5 aromatic rings. The monoisotopic (exact) mass is 839 g/mol. The second-order valence-electron chi connectivity index (χ2n) is 10.6. The molecular formula is C28H22ClN9O12S4. The molecule has 1 heterocycles. The van der Waals surface area contributed by atoms with Gasteiger partial charge in [0, 0.05) is 22.2 Å². The number of benzene rings is 4. The van der Waals surface area contributed by atoms with Crippen molar-refractivity contribution in [3.8, 4) is 0 Å². The van der Waals surface area contributed by atoms with Crippen molar-refractivity contribution in [1.29, 1.82) is 0 Å². The van der Waals surface area contributed by atoms with Gasteiger partial charge in [0.15, 0.2) is 9.84 Å². The van der Waals surface area contributed by atoms with Crippen LogP contribution in [0.15, 0.2) is 109 Å². The summed E-state index contributed by atoms with van der Waals surface area (Å²) in [6, 6.07) is 10.9. The van der Waals surface area contributed by atoms with Crippen molar-refractivity contribution in [3.63, 3.8) is 0 Å². The van der Waals surface area contributed by atoms with E-state index < -0.39 is 77.4 Å². The second kappa shape index (κ2) is 14.6. The summed E-state index contributed by atoms with van der Waals surface area (Å²) in [6.45, 7) is 3.29. The first-order valence-corrected chi connectivity index (χ1v) is 20.4. The fourth-order valence-electron chi connectivity index (χ4n) is 4.57. The van der Waals surface area contributed by atoms with Gasteiger partial charge in [0.05, 0.1) is 15.5 Å². The first-order chi connectivity index (χ1) is 25.0. The molecule has 0 aliphatic rings. The Hall–Kier alpha value is -5.67. The number of carbonyl (C=O) groups excluding carboxylic acids is 1. The second-order valence-corrected chi connectivity index (χ2v) is 17.0. The third-order valence-corrected chi connectivity index (χ3v) is 11.0. The Kier molecular flexibility index (Phi) is 10.7. The van der Waals surface area contributed by atoms with Crippen molar-refractivity contribution in [2.75, 3.05) is 16.0 Å². The van der Waals surface area contributed by atoms with E-state index >= 15 is 0 Å². The number of fused-ring (bicyclic) bond motifs is 1. The molecule has 21 nitrogen and oxygen atoms in total. The van der Waals surface area contributed by atoms with Gasteiger partial charge in [0.1, 0.15) is 21.2 Å². The van der Waals surface area contributed by atoms with Gasteiger partial charge in [-0.15, -0.1) is 10.2 Å². The van der Waals surface area contributed by atoms with E-state index in [9.17, 15) is 52.1 Å². The van der Waals surface area contributed by atoms with Gasteiger partial charge in [-0.25, -0.2) is 13.2 Å². The fourth-order valence-corrected chi connectivity index (χ4v) is 7.47. The lowest BCUT2D eigenvalue weighted by atomic mass is 10.1. The number of carbonyl (C=O) groups is 1. The molecule has 8 N–H and O–H groups in total. The van der Waals surface area contributed by atoms with E-state index in [1.54, 1.807) is 0 Å². The number of anilines is 5. The first kappa shape index (κ1) is 39.5. The van der Waals surface area contributed by atoms with Crippen molar-refractivity contribution in [2.45, 2.75) is 19.6 Å². The number of halogens is 1. The lowest BCUT2D eigenvalue weighted by Gasteiger charge is -2.12. The number of primary amides is 1. The number of amides is 2. The summed E-state index contributed by atoms with van der Waals surface area (Å²) in [7, 11) is -19.2. The minimum Gasteiger partial charge on any atom is -0.351 e. The lowest BCUT2D eigenvalue weighted by Crippen LogP contribution is -2.19. The minimum absolute atomic E-state index is 0.0559. The number of nitrogens with two attached hydrogens (primary N) is 1. The Morgan fingerprint density at radius 2 is 1.33 bits per heavy atom. The number of nitrogens with one attached hydrogen (secondary N) is 3. The van der Waals surface area contributed by atoms with Gasteiger partial charge >= 0.3 is 6.03 Å². The molecule has 1 aromatic heterocycles. The zero-order valence-electron chi connectivity index (χ0n) is 26.5. The maximum atomic E-state index is 12.3. The van der Waals surface area contributed by atoms with Crippen LogP contribution in [0.1, 0.15) is 0 Å². The average molecular weight is 840 g/mol. The number of nitrogens with zero attached hydrogens (tertiary/aromatic N) is 5. The molecule has 54 heavy (non-hydrogen) atoms. The van der Waals surface area contributed by atoms with Gasteiger partial charge in [-0.3, -0.25) is 13.7 Å². The summed E-state index contributed by atoms with van der Waals surface area (Å²) in [5.41, 5.74) is 4.69. The molecule has 5 rings (SSSR count). The van der Waals surface area contributed by atoms with Crippen molar-refractivity contribution in [3.05, 3.63) is 84.0 Å². The van der Waals surface area contributed by atoms with Crippen LogP contribution >= 0.6 is 11.6 Å². The number of sulfone groups is 1. The van der Waals surface area contributed by atoms with E-state index in [1.165, 1.54) is 42.5 Å². The van der Waals surface area contributed by atoms with E-state index in [0.29, 0.717) is 18.2 Å². The molecule has 0 aliphatic carbocycles. The molecule has 282 valence electrons. The van der Waals surface area contributed by atoms with E-state index in [4.69, 9.17) is 17.3 Å². The SMILES string of the molecule is C=CS(=O)(=O)c1cccc(Nc2nc(Cl)nc(Nc3ccc(N=Nc4cc5c(S(=O)(=O)O)cc(S(=O)(=O)O)cc5cc4S(=O)(=O)O)c(NC(N)=O)c3)n2)c1. The molecular weight excluding hydrogens is 818 g/mol.